The summed E-state index contributed by atoms with van der Waals surface area (Å²) in [6.45, 7) is 1.69. The predicted octanol–water partition coefficient (Wildman–Crippen LogP) is 1.23. The van der Waals surface area contributed by atoms with E-state index < -0.39 is 5.91 Å². The van der Waals surface area contributed by atoms with Gasteiger partial charge in [-0.15, -0.1) is 0 Å². The average molecular weight is 168 g/mol. The van der Waals surface area contributed by atoms with E-state index in [0.29, 0.717) is 5.76 Å². The van der Waals surface area contributed by atoms with Gasteiger partial charge in [-0.3, -0.25) is 4.79 Å². The number of hydrogen-bond acceptors (Lipinski definition) is 4. The molecule has 0 atom stereocenters. The molecule has 0 aliphatic carbocycles. The van der Waals surface area contributed by atoms with Gasteiger partial charge in [0.2, 0.25) is 0 Å². The Kier molecular flexibility index (Phi) is 2.25. The Labute approximate surface area is 67.9 Å². The van der Waals surface area contributed by atoms with Crippen molar-refractivity contribution < 1.29 is 9.32 Å². The van der Waals surface area contributed by atoms with Crippen molar-refractivity contribution >= 4 is 23.3 Å². The minimum atomic E-state index is -0.531. The molecule has 1 rings (SSSR count). The van der Waals surface area contributed by atoms with Crippen LogP contribution in [0.1, 0.15) is 16.2 Å². The third-order valence-corrected chi connectivity index (χ3v) is 1.09. The Morgan fingerprint density at radius 2 is 2.64 bits per heavy atom. The number of carbonyl (C=O) groups excluding carboxylic acids is 1. The number of aromatic nitrogens is 1. The van der Waals surface area contributed by atoms with Crippen LogP contribution in [0.2, 0.25) is 0 Å². The molecule has 0 aliphatic rings. The van der Waals surface area contributed by atoms with Crippen molar-refractivity contribution in [2.75, 3.05) is 0 Å². The summed E-state index contributed by atoms with van der Waals surface area (Å²) in [5, 5.41) is 5.38. The zero-order valence-corrected chi connectivity index (χ0v) is 6.51. The van der Waals surface area contributed by atoms with Gasteiger partial charge in [-0.1, -0.05) is 5.16 Å². The van der Waals surface area contributed by atoms with E-state index in [4.69, 9.17) is 0 Å². The quantitative estimate of drug-likeness (QED) is 0.467. The molecule has 0 radical (unpaired) electrons. The van der Waals surface area contributed by atoms with Crippen LogP contribution in [0.3, 0.4) is 0 Å². The highest BCUT2D eigenvalue weighted by Crippen LogP contribution is 2.02. The lowest BCUT2D eigenvalue weighted by molar-refractivity contribution is 0.0995. The van der Waals surface area contributed by atoms with Gasteiger partial charge < -0.3 is 4.52 Å². The van der Waals surface area contributed by atoms with Crippen LogP contribution in [0.5, 0.6) is 0 Å². The molecule has 56 valence electrons. The molecule has 1 heterocycles. The topological polar surface area (TPSA) is 55.5 Å². The van der Waals surface area contributed by atoms with E-state index in [0.717, 1.165) is 0 Å². The summed E-state index contributed by atoms with van der Waals surface area (Å²) in [7, 11) is 0. The van der Waals surface area contributed by atoms with Crippen molar-refractivity contribution in [3.63, 3.8) is 0 Å². The number of amides is 1. The molecule has 0 N–H and O–H groups in total. The normalized spacial score (nSPS) is 8.82. The summed E-state index contributed by atoms with van der Waals surface area (Å²) in [6, 6.07) is 1.48. The fraction of sp³-hybridized carbons (Fsp3) is 0.167. The maximum Gasteiger partial charge on any atom is 0.308 e. The van der Waals surface area contributed by atoms with E-state index in [1.165, 1.54) is 6.07 Å². The second-order valence-corrected chi connectivity index (χ2v) is 2.01. The van der Waals surface area contributed by atoms with Gasteiger partial charge in [0.05, 0.1) is 5.16 Å². The van der Waals surface area contributed by atoms with Crippen LogP contribution in [-0.4, -0.2) is 16.2 Å². The lowest BCUT2D eigenvalue weighted by Crippen LogP contribution is -1.92. The zero-order chi connectivity index (χ0) is 8.27. The molecule has 0 saturated heterocycles. The van der Waals surface area contributed by atoms with Crippen LogP contribution in [0, 0.1) is 6.92 Å². The van der Waals surface area contributed by atoms with Crippen molar-refractivity contribution in [1.82, 2.24) is 5.16 Å². The number of thiocarbonyl (C=S) groups is 1. The summed E-state index contributed by atoms with van der Waals surface area (Å²) in [5.41, 5.74) is 0.153. The average Bonchev–Trinajstić information content (AvgIpc) is 2.36. The van der Waals surface area contributed by atoms with Gasteiger partial charge in [-0.2, -0.15) is 4.99 Å². The molecule has 0 spiro atoms. The minimum Gasteiger partial charge on any atom is -0.361 e. The summed E-state index contributed by atoms with van der Waals surface area (Å²) >= 11 is 4.24. The van der Waals surface area contributed by atoms with E-state index in [2.05, 4.69) is 26.9 Å². The third-order valence-electron chi connectivity index (χ3n) is 0.994. The molecule has 0 aliphatic heterocycles. The first kappa shape index (κ1) is 7.78. The van der Waals surface area contributed by atoms with Gasteiger partial charge in [-0.25, -0.2) is 0 Å². The number of aryl methyl sites for hydroxylation is 1. The van der Waals surface area contributed by atoms with Gasteiger partial charge >= 0.3 is 5.91 Å². The Hall–Kier alpha value is -1.32. The number of hydrogen-bond donors (Lipinski definition) is 0. The molecule has 5 heteroatoms. The van der Waals surface area contributed by atoms with Crippen LogP contribution in [0.25, 0.3) is 0 Å². The second-order valence-electron chi connectivity index (χ2n) is 1.83. The molecule has 0 bridgehead atoms. The maximum atomic E-state index is 10.8. The van der Waals surface area contributed by atoms with Crippen molar-refractivity contribution in [1.29, 1.82) is 0 Å². The van der Waals surface area contributed by atoms with Crippen molar-refractivity contribution in [2.24, 2.45) is 4.99 Å². The molecule has 1 amide bonds. The van der Waals surface area contributed by atoms with Gasteiger partial charge in [0.25, 0.3) is 0 Å². The molecule has 11 heavy (non-hydrogen) atoms. The smallest absolute Gasteiger partial charge is 0.308 e. The monoisotopic (exact) mass is 168 g/mol. The Bertz CT molecular complexity index is 325. The first-order valence-electron chi connectivity index (χ1n) is 2.79. The summed E-state index contributed by atoms with van der Waals surface area (Å²) in [5.74, 6) is 0.0322. The SMILES string of the molecule is Cc1cc(C(=O)N=C=S)no1. The molecule has 0 fully saturated rings. The molecule has 0 aromatic carbocycles. The van der Waals surface area contributed by atoms with E-state index in [9.17, 15) is 4.79 Å². The number of isothiocyanates is 1. The lowest BCUT2D eigenvalue weighted by atomic mass is 10.4. The van der Waals surface area contributed by atoms with Crippen LogP contribution < -0.4 is 0 Å². The largest absolute Gasteiger partial charge is 0.361 e. The number of carbonyl (C=O) groups is 1. The third kappa shape index (κ3) is 1.80. The highest BCUT2D eigenvalue weighted by Gasteiger charge is 2.07. The van der Waals surface area contributed by atoms with Crippen molar-refractivity contribution in [3.8, 4) is 0 Å². The molecule has 1 aromatic rings. The summed E-state index contributed by atoms with van der Waals surface area (Å²) < 4.78 is 4.64. The van der Waals surface area contributed by atoms with E-state index in [-0.39, 0.29) is 5.69 Å². The Morgan fingerprint density at radius 1 is 1.91 bits per heavy atom. The van der Waals surface area contributed by atoms with E-state index in [1.54, 1.807) is 6.92 Å². The predicted molar refractivity (Wildman–Crippen MR) is 40.6 cm³/mol. The van der Waals surface area contributed by atoms with Gasteiger partial charge in [0.1, 0.15) is 5.76 Å². The zero-order valence-electron chi connectivity index (χ0n) is 5.70. The molecule has 0 unspecified atom stereocenters. The standard InChI is InChI=1S/C6H4N2O2S/c1-4-2-5(8-10-4)6(9)7-3-11/h2H,1H3. The van der Waals surface area contributed by atoms with Crippen molar-refractivity contribution in [2.45, 2.75) is 6.92 Å². The van der Waals surface area contributed by atoms with E-state index in [1.807, 2.05) is 5.16 Å². The lowest BCUT2D eigenvalue weighted by Gasteiger charge is -1.77. The fourth-order valence-electron chi connectivity index (χ4n) is 0.566. The van der Waals surface area contributed by atoms with Gasteiger partial charge in [0.15, 0.2) is 5.69 Å². The van der Waals surface area contributed by atoms with Gasteiger partial charge in [0, 0.05) is 6.07 Å². The van der Waals surface area contributed by atoms with Crippen LogP contribution in [0.4, 0.5) is 0 Å². The fourth-order valence-corrected chi connectivity index (χ4v) is 0.649. The van der Waals surface area contributed by atoms with Crippen molar-refractivity contribution in [3.05, 3.63) is 17.5 Å². The second kappa shape index (κ2) is 3.18. The van der Waals surface area contributed by atoms with Crippen LogP contribution in [-0.2, 0) is 0 Å². The number of rotatable bonds is 1. The van der Waals surface area contributed by atoms with Gasteiger partial charge in [-0.05, 0) is 19.1 Å². The molecule has 1 aromatic heterocycles. The highest BCUT2D eigenvalue weighted by molar-refractivity contribution is 7.78. The number of nitrogens with zero attached hydrogens (tertiary/aromatic N) is 2. The molecular weight excluding hydrogens is 164 g/mol. The molecule has 4 nitrogen and oxygen atoms in total. The summed E-state index contributed by atoms with van der Waals surface area (Å²) in [6.07, 6.45) is 0. The van der Waals surface area contributed by atoms with Crippen LogP contribution in [0.15, 0.2) is 15.6 Å². The highest BCUT2D eigenvalue weighted by atomic mass is 32.1. The molecular formula is C6H4N2O2S. The minimum absolute atomic E-state index is 0.153. The molecule has 0 saturated carbocycles. The maximum absolute atomic E-state index is 10.8. The van der Waals surface area contributed by atoms with Crippen LogP contribution >= 0.6 is 12.2 Å². The number of aliphatic imine (C=N–C) groups is 1. The van der Waals surface area contributed by atoms with E-state index >= 15 is 0 Å². The first-order chi connectivity index (χ1) is 5.24. The Balaban J connectivity index is 2.93. The summed E-state index contributed by atoms with van der Waals surface area (Å²) in [4.78, 5) is 14.1. The Morgan fingerprint density at radius 3 is 3.09 bits per heavy atom. The first-order valence-corrected chi connectivity index (χ1v) is 3.20.